The average molecular weight is 481 g/mol. The number of halogens is 1. The Morgan fingerprint density at radius 2 is 1.44 bits per heavy atom. The first-order valence-corrected chi connectivity index (χ1v) is 12.0. The first-order chi connectivity index (χ1) is 16.2. The van der Waals surface area contributed by atoms with Crippen LogP contribution in [0.15, 0.2) is 72.8 Å². The van der Waals surface area contributed by atoms with Crippen LogP contribution < -0.4 is 14.4 Å². The van der Waals surface area contributed by atoms with Gasteiger partial charge in [0.05, 0.1) is 0 Å². The van der Waals surface area contributed by atoms with Gasteiger partial charge in [0, 0.05) is 38.4 Å². The molecule has 1 aliphatic heterocycles. The van der Waals surface area contributed by atoms with Crippen LogP contribution in [0.3, 0.4) is 0 Å². The molecule has 0 saturated carbocycles. The summed E-state index contributed by atoms with van der Waals surface area (Å²) in [5.74, 6) is 2.56. The molecule has 1 N–H and O–H groups in total. The van der Waals surface area contributed by atoms with Gasteiger partial charge in [-0.15, -0.1) is 12.4 Å². The van der Waals surface area contributed by atoms with E-state index in [-0.39, 0.29) is 12.4 Å². The lowest BCUT2D eigenvalue weighted by molar-refractivity contribution is 0.0663. The molecule has 0 amide bonds. The fraction of sp³-hybridized carbons (Fsp3) is 0.357. The van der Waals surface area contributed by atoms with E-state index in [2.05, 4.69) is 34.1 Å². The highest BCUT2D eigenvalue weighted by Gasteiger charge is 2.20. The molecule has 0 aromatic heterocycles. The lowest BCUT2D eigenvalue weighted by Gasteiger charge is -2.36. The minimum Gasteiger partial charge on any atom is -0.491 e. The van der Waals surface area contributed by atoms with E-state index in [9.17, 15) is 5.11 Å². The second-order valence-corrected chi connectivity index (χ2v) is 8.95. The molecule has 1 unspecified atom stereocenters. The SMILES string of the molecule is Cl.OC(COc1ccc2c(c1)CCC2)CN1CCN(c2ccc(Oc3ccccc3)cc2)CC1. The molecule has 6 heteroatoms. The van der Waals surface area contributed by atoms with Gasteiger partial charge in [0.2, 0.25) is 0 Å². The first-order valence-electron chi connectivity index (χ1n) is 12.0. The molecular formula is C28H33ClN2O3. The molecule has 1 aliphatic carbocycles. The number of aliphatic hydroxyl groups is 1. The van der Waals surface area contributed by atoms with Crippen molar-refractivity contribution in [1.82, 2.24) is 4.90 Å². The third kappa shape index (κ3) is 6.23. The minimum atomic E-state index is -0.487. The number of para-hydroxylation sites is 1. The highest BCUT2D eigenvalue weighted by atomic mass is 35.5. The van der Waals surface area contributed by atoms with Gasteiger partial charge in [-0.3, -0.25) is 4.90 Å². The quantitative estimate of drug-likeness (QED) is 0.494. The highest BCUT2D eigenvalue weighted by molar-refractivity contribution is 5.85. The van der Waals surface area contributed by atoms with E-state index in [4.69, 9.17) is 9.47 Å². The van der Waals surface area contributed by atoms with Gasteiger partial charge in [0.25, 0.3) is 0 Å². The number of piperazine rings is 1. The molecule has 3 aromatic carbocycles. The summed E-state index contributed by atoms with van der Waals surface area (Å²) in [5, 5.41) is 10.5. The van der Waals surface area contributed by atoms with Crippen LogP contribution in [-0.4, -0.2) is 55.4 Å². The van der Waals surface area contributed by atoms with Gasteiger partial charge in [-0.05, 0) is 78.9 Å². The van der Waals surface area contributed by atoms with Crippen molar-refractivity contribution in [2.45, 2.75) is 25.4 Å². The number of fused-ring (bicyclic) bond motifs is 1. The van der Waals surface area contributed by atoms with Crippen LogP contribution in [0.1, 0.15) is 17.5 Å². The van der Waals surface area contributed by atoms with Crippen molar-refractivity contribution >= 4 is 18.1 Å². The van der Waals surface area contributed by atoms with Crippen LogP contribution in [0.25, 0.3) is 0 Å². The van der Waals surface area contributed by atoms with Crippen molar-refractivity contribution in [3.05, 3.63) is 83.9 Å². The lowest BCUT2D eigenvalue weighted by atomic mass is 10.1. The predicted octanol–water partition coefficient (Wildman–Crippen LogP) is 4.95. The summed E-state index contributed by atoms with van der Waals surface area (Å²) in [4.78, 5) is 4.70. The highest BCUT2D eigenvalue weighted by Crippen LogP contribution is 2.27. The fourth-order valence-electron chi connectivity index (χ4n) is 4.72. The van der Waals surface area contributed by atoms with Crippen molar-refractivity contribution in [2.75, 3.05) is 44.2 Å². The molecule has 2 aliphatic rings. The van der Waals surface area contributed by atoms with Gasteiger partial charge in [-0.1, -0.05) is 24.3 Å². The zero-order chi connectivity index (χ0) is 22.5. The lowest BCUT2D eigenvalue weighted by Crippen LogP contribution is -2.49. The monoisotopic (exact) mass is 480 g/mol. The van der Waals surface area contributed by atoms with E-state index in [1.54, 1.807) is 0 Å². The maximum Gasteiger partial charge on any atom is 0.127 e. The molecule has 1 heterocycles. The maximum atomic E-state index is 10.5. The summed E-state index contributed by atoms with van der Waals surface area (Å²) in [6.45, 7) is 4.72. The number of benzene rings is 3. The van der Waals surface area contributed by atoms with E-state index in [1.807, 2.05) is 48.5 Å². The summed E-state index contributed by atoms with van der Waals surface area (Å²) in [7, 11) is 0. The maximum absolute atomic E-state index is 10.5. The second kappa shape index (κ2) is 11.6. The molecule has 1 fully saturated rings. The Hall–Kier alpha value is -2.73. The molecule has 5 rings (SSSR count). The van der Waals surface area contributed by atoms with E-state index in [1.165, 1.54) is 29.7 Å². The average Bonchev–Trinajstić information content (AvgIpc) is 3.33. The number of ether oxygens (including phenoxy) is 2. The number of nitrogens with zero attached hydrogens (tertiary/aromatic N) is 2. The Labute approximate surface area is 208 Å². The Kier molecular flexibility index (Phi) is 8.33. The summed E-state index contributed by atoms with van der Waals surface area (Å²) >= 11 is 0. The molecule has 0 radical (unpaired) electrons. The van der Waals surface area contributed by atoms with Crippen LogP contribution in [0.4, 0.5) is 5.69 Å². The van der Waals surface area contributed by atoms with Gasteiger partial charge in [0.15, 0.2) is 0 Å². The number of β-amino-alcohol motifs (C(OH)–C–C–N with tert-alkyl or cyclic N) is 1. The third-order valence-corrected chi connectivity index (χ3v) is 6.53. The van der Waals surface area contributed by atoms with Crippen LogP contribution in [0.2, 0.25) is 0 Å². The van der Waals surface area contributed by atoms with E-state index < -0.39 is 6.10 Å². The first kappa shape index (κ1) is 24.4. The summed E-state index contributed by atoms with van der Waals surface area (Å²) in [6.07, 6.45) is 3.07. The molecule has 3 aromatic rings. The number of aryl methyl sites for hydroxylation is 2. The predicted molar refractivity (Wildman–Crippen MR) is 139 cm³/mol. The van der Waals surface area contributed by atoms with Gasteiger partial charge in [0.1, 0.15) is 30.0 Å². The molecule has 180 valence electrons. The largest absolute Gasteiger partial charge is 0.491 e. The Bertz CT molecular complexity index is 1040. The van der Waals surface area contributed by atoms with Gasteiger partial charge < -0.3 is 19.5 Å². The Balaban J connectivity index is 0.00000274. The topological polar surface area (TPSA) is 45.2 Å². The zero-order valence-corrected chi connectivity index (χ0v) is 20.3. The van der Waals surface area contributed by atoms with E-state index >= 15 is 0 Å². The fourth-order valence-corrected chi connectivity index (χ4v) is 4.72. The molecular weight excluding hydrogens is 448 g/mol. The number of hydrogen-bond acceptors (Lipinski definition) is 5. The van der Waals surface area contributed by atoms with Crippen molar-refractivity contribution in [1.29, 1.82) is 0 Å². The standard InChI is InChI=1S/C28H32N2O3.ClH/c31-25(21-32-28-12-9-22-5-4-6-23(22)19-28)20-29-15-17-30(18-16-29)24-10-13-27(14-11-24)33-26-7-2-1-3-8-26;/h1-3,7-14,19,25,31H,4-6,15-18,20-21H2;1H. The van der Waals surface area contributed by atoms with E-state index in [0.717, 1.165) is 49.8 Å². The van der Waals surface area contributed by atoms with Gasteiger partial charge >= 0.3 is 0 Å². The van der Waals surface area contributed by atoms with E-state index in [0.29, 0.717) is 13.2 Å². The van der Waals surface area contributed by atoms with Gasteiger partial charge in [-0.2, -0.15) is 0 Å². The van der Waals surface area contributed by atoms with Crippen molar-refractivity contribution in [3.63, 3.8) is 0 Å². The molecule has 5 nitrogen and oxygen atoms in total. The number of rotatable bonds is 8. The zero-order valence-electron chi connectivity index (χ0n) is 19.4. The van der Waals surface area contributed by atoms with Crippen LogP contribution in [0, 0.1) is 0 Å². The number of aliphatic hydroxyl groups excluding tert-OH is 1. The van der Waals surface area contributed by atoms with Crippen LogP contribution in [0.5, 0.6) is 17.2 Å². The summed E-state index contributed by atoms with van der Waals surface area (Å²) < 4.78 is 11.8. The minimum absolute atomic E-state index is 0. The Morgan fingerprint density at radius 3 is 2.21 bits per heavy atom. The molecule has 0 bridgehead atoms. The summed E-state index contributed by atoms with van der Waals surface area (Å²) in [5.41, 5.74) is 4.05. The second-order valence-electron chi connectivity index (χ2n) is 8.95. The van der Waals surface area contributed by atoms with Crippen molar-refractivity contribution < 1.29 is 14.6 Å². The normalized spacial score (nSPS) is 16.4. The molecule has 34 heavy (non-hydrogen) atoms. The summed E-state index contributed by atoms with van der Waals surface area (Å²) in [6, 6.07) is 24.5. The van der Waals surface area contributed by atoms with Gasteiger partial charge in [-0.25, -0.2) is 0 Å². The molecule has 1 atom stereocenters. The van der Waals surface area contributed by atoms with Crippen LogP contribution >= 0.6 is 12.4 Å². The number of hydrogen-bond donors (Lipinski definition) is 1. The van der Waals surface area contributed by atoms with Crippen molar-refractivity contribution in [3.8, 4) is 17.2 Å². The molecule has 0 spiro atoms. The molecule has 1 saturated heterocycles. The van der Waals surface area contributed by atoms with Crippen molar-refractivity contribution in [2.24, 2.45) is 0 Å². The Morgan fingerprint density at radius 1 is 0.765 bits per heavy atom. The third-order valence-electron chi connectivity index (χ3n) is 6.53. The number of anilines is 1. The van der Waals surface area contributed by atoms with Crippen LogP contribution in [-0.2, 0) is 12.8 Å². The smallest absolute Gasteiger partial charge is 0.127 e.